The van der Waals surface area contributed by atoms with E-state index in [2.05, 4.69) is 15.3 Å². The van der Waals surface area contributed by atoms with E-state index in [1.807, 2.05) is 0 Å². The minimum atomic E-state index is -2.68. The summed E-state index contributed by atoms with van der Waals surface area (Å²) in [6.07, 6.45) is 0. The summed E-state index contributed by atoms with van der Waals surface area (Å²) in [6, 6.07) is 6.74. The molecule has 4 N–H and O–H groups in total. The second-order valence-electron chi connectivity index (χ2n) is 7.53. The van der Waals surface area contributed by atoms with Crippen LogP contribution < -0.4 is 15.8 Å². The number of aromatic nitrogens is 2. The number of piperazine rings is 1. The highest BCUT2D eigenvalue weighted by atomic mass is 35.5. The van der Waals surface area contributed by atoms with Gasteiger partial charge in [-0.15, -0.1) is 0 Å². The number of amides is 1. The zero-order valence-electron chi connectivity index (χ0n) is 17.4. The molecule has 174 valence electrons. The fraction of sp³-hybridized carbons (Fsp3) is 0.286. The lowest BCUT2D eigenvalue weighted by Gasteiger charge is -2.42. The zero-order chi connectivity index (χ0) is 23.9. The van der Waals surface area contributed by atoms with Crippen LogP contribution in [0.5, 0.6) is 0 Å². The number of carbonyl (C=O) groups excluding carboxylic acids is 1. The summed E-state index contributed by atoms with van der Waals surface area (Å²) < 4.78 is 29.6. The van der Waals surface area contributed by atoms with Gasteiger partial charge in [-0.1, -0.05) is 17.7 Å². The molecule has 3 heterocycles. The van der Waals surface area contributed by atoms with Crippen LogP contribution in [0.15, 0.2) is 35.1 Å². The maximum Gasteiger partial charge on any atom is 0.269 e. The number of H-pyrrole nitrogens is 1. The minimum absolute atomic E-state index is 0.0538. The standard InChI is InChI=1S/C21H20ClF2N5O4/c1-25-20(31)14-4-5-15(18(24)26-14)28-6-8-29(9-7-28)21(32,33)12-3-2-11-10-13(22)19(30)27-17(11)16(12)23/h2-5,10,32-33H,6-9H2,1H3,(H,25,31)(H,27,30). The van der Waals surface area contributed by atoms with Crippen LogP contribution in [-0.2, 0) is 5.91 Å². The average molecular weight is 480 g/mol. The second-order valence-corrected chi connectivity index (χ2v) is 7.94. The van der Waals surface area contributed by atoms with Crippen LogP contribution in [-0.4, -0.2) is 64.2 Å². The summed E-state index contributed by atoms with van der Waals surface area (Å²) in [5, 5.41) is 24.1. The van der Waals surface area contributed by atoms with Gasteiger partial charge in [0.15, 0.2) is 5.82 Å². The van der Waals surface area contributed by atoms with Crippen molar-refractivity contribution in [2.45, 2.75) is 5.91 Å². The van der Waals surface area contributed by atoms with Gasteiger partial charge < -0.3 is 25.4 Å². The number of hydrogen-bond acceptors (Lipinski definition) is 7. The van der Waals surface area contributed by atoms with Gasteiger partial charge in [0.05, 0.1) is 16.8 Å². The van der Waals surface area contributed by atoms with Crippen LogP contribution in [0.4, 0.5) is 14.5 Å². The molecule has 1 saturated heterocycles. The molecule has 1 fully saturated rings. The van der Waals surface area contributed by atoms with Crippen molar-refractivity contribution >= 4 is 34.1 Å². The third kappa shape index (κ3) is 4.15. The Bertz CT molecular complexity index is 1290. The Morgan fingerprint density at radius 2 is 1.88 bits per heavy atom. The van der Waals surface area contributed by atoms with Crippen LogP contribution in [0, 0.1) is 11.8 Å². The number of anilines is 1. The molecule has 0 saturated carbocycles. The van der Waals surface area contributed by atoms with Crippen molar-refractivity contribution in [1.82, 2.24) is 20.2 Å². The molecule has 2 aromatic heterocycles. The van der Waals surface area contributed by atoms with E-state index in [0.29, 0.717) is 5.39 Å². The Morgan fingerprint density at radius 1 is 1.18 bits per heavy atom. The molecule has 0 atom stereocenters. The summed E-state index contributed by atoms with van der Waals surface area (Å²) in [5.41, 5.74) is -1.24. The van der Waals surface area contributed by atoms with Gasteiger partial charge in [-0.3, -0.25) is 9.59 Å². The molecule has 3 aromatic rings. The van der Waals surface area contributed by atoms with E-state index < -0.39 is 34.7 Å². The molecule has 9 nitrogen and oxygen atoms in total. The van der Waals surface area contributed by atoms with Crippen LogP contribution in [0.3, 0.4) is 0 Å². The van der Waals surface area contributed by atoms with Crippen molar-refractivity contribution in [3.8, 4) is 0 Å². The number of pyridine rings is 2. The molecular formula is C21H20ClF2N5O4. The largest absolute Gasteiger partial charge is 0.365 e. The highest BCUT2D eigenvalue weighted by Gasteiger charge is 2.39. The first-order chi connectivity index (χ1) is 15.6. The highest BCUT2D eigenvalue weighted by molar-refractivity contribution is 6.31. The molecule has 4 rings (SSSR count). The molecule has 1 amide bonds. The number of aromatic amines is 1. The topological polar surface area (TPSA) is 122 Å². The molecule has 1 aromatic carbocycles. The SMILES string of the molecule is CNC(=O)c1ccc(N2CCN(C(O)(O)c3ccc4cc(Cl)c(=O)[nH]c4c3F)CC2)c(F)n1. The molecule has 1 aliphatic rings. The number of fused-ring (bicyclic) bond motifs is 1. The third-order valence-electron chi connectivity index (χ3n) is 5.62. The lowest BCUT2D eigenvalue weighted by atomic mass is 10.1. The smallest absolute Gasteiger partial charge is 0.269 e. The molecule has 0 radical (unpaired) electrons. The molecular weight excluding hydrogens is 460 g/mol. The molecule has 0 unspecified atom stereocenters. The number of benzene rings is 1. The Labute approximate surface area is 191 Å². The van der Waals surface area contributed by atoms with E-state index in [4.69, 9.17) is 11.6 Å². The van der Waals surface area contributed by atoms with Gasteiger partial charge in [-0.2, -0.15) is 4.39 Å². The van der Waals surface area contributed by atoms with E-state index >= 15 is 4.39 Å². The van der Waals surface area contributed by atoms with Gasteiger partial charge in [-0.25, -0.2) is 14.3 Å². The molecule has 1 aliphatic heterocycles. The number of carbonyl (C=O) groups is 1. The van der Waals surface area contributed by atoms with Crippen LogP contribution >= 0.6 is 11.6 Å². The number of halogens is 3. The second kappa shape index (κ2) is 8.67. The number of nitrogens with zero attached hydrogens (tertiary/aromatic N) is 3. The predicted molar refractivity (Wildman–Crippen MR) is 117 cm³/mol. The Balaban J connectivity index is 1.55. The van der Waals surface area contributed by atoms with Crippen molar-refractivity contribution in [2.24, 2.45) is 0 Å². The number of nitrogens with one attached hydrogen (secondary N) is 2. The summed E-state index contributed by atoms with van der Waals surface area (Å²) >= 11 is 5.77. The van der Waals surface area contributed by atoms with Crippen LogP contribution in [0.25, 0.3) is 10.9 Å². The summed E-state index contributed by atoms with van der Waals surface area (Å²) in [4.78, 5) is 32.2. The minimum Gasteiger partial charge on any atom is -0.365 e. The zero-order valence-corrected chi connectivity index (χ0v) is 18.2. The highest BCUT2D eigenvalue weighted by Crippen LogP contribution is 2.31. The average Bonchev–Trinajstić information content (AvgIpc) is 2.80. The van der Waals surface area contributed by atoms with E-state index in [9.17, 15) is 24.2 Å². The predicted octanol–water partition coefficient (Wildman–Crippen LogP) is 1.13. The lowest BCUT2D eigenvalue weighted by molar-refractivity contribution is -0.277. The first-order valence-corrected chi connectivity index (χ1v) is 10.4. The molecule has 12 heteroatoms. The van der Waals surface area contributed by atoms with Gasteiger partial charge in [0, 0.05) is 38.6 Å². The molecule has 33 heavy (non-hydrogen) atoms. The Kier molecular flexibility index (Phi) is 6.06. The van der Waals surface area contributed by atoms with Gasteiger partial charge in [0.2, 0.25) is 5.95 Å². The van der Waals surface area contributed by atoms with Crippen molar-refractivity contribution in [2.75, 3.05) is 38.1 Å². The number of aliphatic hydroxyl groups is 2. The van der Waals surface area contributed by atoms with Crippen molar-refractivity contribution in [3.63, 3.8) is 0 Å². The number of hydrogen-bond donors (Lipinski definition) is 4. The summed E-state index contributed by atoms with van der Waals surface area (Å²) in [5.74, 6) is -5.02. The van der Waals surface area contributed by atoms with Crippen molar-refractivity contribution in [3.05, 3.63) is 68.7 Å². The van der Waals surface area contributed by atoms with Gasteiger partial charge in [0.1, 0.15) is 10.7 Å². The Hall–Kier alpha value is -3.12. The van der Waals surface area contributed by atoms with Crippen molar-refractivity contribution < 1.29 is 23.8 Å². The van der Waals surface area contributed by atoms with Crippen LogP contribution in [0.1, 0.15) is 16.1 Å². The van der Waals surface area contributed by atoms with Gasteiger partial charge in [0.25, 0.3) is 17.4 Å². The van der Waals surface area contributed by atoms with E-state index in [0.717, 1.165) is 0 Å². The normalized spacial score (nSPS) is 15.2. The fourth-order valence-corrected chi connectivity index (χ4v) is 3.98. The quantitative estimate of drug-likeness (QED) is 0.327. The summed E-state index contributed by atoms with van der Waals surface area (Å²) in [7, 11) is 1.41. The van der Waals surface area contributed by atoms with E-state index in [1.165, 1.54) is 42.3 Å². The molecule has 0 aliphatic carbocycles. The Morgan fingerprint density at radius 3 is 2.52 bits per heavy atom. The van der Waals surface area contributed by atoms with E-state index in [-0.39, 0.29) is 48.1 Å². The maximum absolute atomic E-state index is 15.1. The maximum atomic E-state index is 15.1. The molecule has 0 bridgehead atoms. The monoisotopic (exact) mass is 479 g/mol. The molecule has 0 spiro atoms. The fourth-order valence-electron chi connectivity index (χ4n) is 3.82. The van der Waals surface area contributed by atoms with E-state index in [1.54, 1.807) is 4.90 Å². The first-order valence-electron chi connectivity index (χ1n) is 9.98. The summed E-state index contributed by atoms with van der Waals surface area (Å²) in [6.45, 7) is 0.474. The van der Waals surface area contributed by atoms with Crippen LogP contribution in [0.2, 0.25) is 5.02 Å². The van der Waals surface area contributed by atoms with Gasteiger partial charge >= 0.3 is 0 Å². The number of rotatable bonds is 4. The van der Waals surface area contributed by atoms with Gasteiger partial charge in [-0.05, 0) is 24.3 Å². The third-order valence-corrected chi connectivity index (χ3v) is 5.90. The first kappa shape index (κ1) is 23.1. The lowest BCUT2D eigenvalue weighted by Crippen LogP contribution is -2.56. The van der Waals surface area contributed by atoms with Crippen molar-refractivity contribution in [1.29, 1.82) is 0 Å².